The molecule has 0 aliphatic heterocycles. The molecule has 174 valence electrons. The van der Waals surface area contributed by atoms with E-state index in [9.17, 15) is 39.5 Å². The molecule has 6 atom stereocenters. The topological polar surface area (TPSA) is 9.23 Å². The maximum absolute atomic E-state index is 14.3. The van der Waals surface area contributed by atoms with Crippen LogP contribution in [-0.4, -0.2) is 75.8 Å². The van der Waals surface area contributed by atoms with E-state index in [4.69, 9.17) is 3.07 Å². The fourth-order valence-corrected chi connectivity index (χ4v) is 15.0. The zero-order chi connectivity index (χ0) is 22.7. The molecule has 0 heterocycles. The maximum atomic E-state index is 14.3. The summed E-state index contributed by atoms with van der Waals surface area (Å²) in [5, 5.41) is 0. The van der Waals surface area contributed by atoms with Gasteiger partial charge in [0.25, 0.3) is 0 Å². The first-order valence-corrected chi connectivity index (χ1v) is 16.6. The Hall–Kier alpha value is -0.651. The van der Waals surface area contributed by atoms with Crippen LogP contribution in [0.15, 0.2) is 30.3 Å². The van der Waals surface area contributed by atoms with Crippen LogP contribution < -0.4 is 0 Å². The van der Waals surface area contributed by atoms with Gasteiger partial charge in [-0.05, 0) is 0 Å². The second kappa shape index (κ2) is 13.7. The van der Waals surface area contributed by atoms with E-state index in [-0.39, 0.29) is 6.61 Å². The third-order valence-electron chi connectivity index (χ3n) is 4.71. The van der Waals surface area contributed by atoms with Crippen molar-refractivity contribution in [1.29, 1.82) is 0 Å². The summed E-state index contributed by atoms with van der Waals surface area (Å²) in [6.07, 6.45) is -15.5. The van der Waals surface area contributed by atoms with Crippen LogP contribution in [0.2, 0.25) is 13.3 Å². The standard InChI is InChI=1S/C7H7O.3C4H6F3.Sn/c8-6-7-4-2-1-3-5-7;3*1-3(6)4(7)2-5;/h1-5H,6H2;3*3-4H,1-2H2;/q-1;;;;+1. The van der Waals surface area contributed by atoms with Crippen LogP contribution in [0.4, 0.5) is 39.5 Å². The van der Waals surface area contributed by atoms with Gasteiger partial charge in [-0.25, -0.2) is 0 Å². The quantitative estimate of drug-likeness (QED) is 0.187. The first kappa shape index (κ1) is 27.4. The van der Waals surface area contributed by atoms with E-state index in [0.717, 1.165) is 0 Å². The molecule has 0 aliphatic carbocycles. The van der Waals surface area contributed by atoms with Crippen LogP contribution in [0.1, 0.15) is 5.56 Å². The van der Waals surface area contributed by atoms with Crippen molar-refractivity contribution in [3.8, 4) is 0 Å². The Kier molecular flexibility index (Phi) is 12.5. The SMILES string of the molecule is FCC(F)C(F)[CH2][Sn]([CH2]C(F)C(F)CF)([CH2]C(F)C(F)CF)[O]Cc1ccccc1. The Morgan fingerprint density at radius 1 is 0.600 bits per heavy atom. The van der Waals surface area contributed by atoms with E-state index in [1.54, 1.807) is 30.3 Å². The van der Waals surface area contributed by atoms with Gasteiger partial charge >= 0.3 is 174 Å². The van der Waals surface area contributed by atoms with Crippen LogP contribution >= 0.6 is 0 Å². The van der Waals surface area contributed by atoms with E-state index >= 15 is 0 Å². The average molecular weight is 559 g/mol. The van der Waals surface area contributed by atoms with Gasteiger partial charge in [-0.15, -0.1) is 0 Å². The fourth-order valence-electron chi connectivity index (χ4n) is 2.98. The van der Waals surface area contributed by atoms with Gasteiger partial charge in [0.05, 0.1) is 0 Å². The Bertz CT molecular complexity index is 537. The van der Waals surface area contributed by atoms with E-state index in [1.807, 2.05) is 0 Å². The van der Waals surface area contributed by atoms with Gasteiger partial charge in [0.2, 0.25) is 0 Å². The minimum absolute atomic E-state index is 0.325. The van der Waals surface area contributed by atoms with Crippen molar-refractivity contribution in [2.24, 2.45) is 0 Å². The van der Waals surface area contributed by atoms with Crippen molar-refractivity contribution >= 4 is 18.8 Å². The molecule has 0 N–H and O–H groups in total. The number of alkyl halides is 9. The monoisotopic (exact) mass is 560 g/mol. The van der Waals surface area contributed by atoms with Crippen molar-refractivity contribution in [3.63, 3.8) is 0 Å². The normalized spacial score (nSPS) is 20.0. The van der Waals surface area contributed by atoms with Gasteiger partial charge in [0.15, 0.2) is 0 Å². The van der Waals surface area contributed by atoms with Gasteiger partial charge in [0.1, 0.15) is 0 Å². The van der Waals surface area contributed by atoms with Crippen LogP contribution in [0, 0.1) is 0 Å². The molecule has 0 aromatic heterocycles. The molecule has 0 spiro atoms. The summed E-state index contributed by atoms with van der Waals surface area (Å²) in [5.74, 6) is 0. The number of hydrogen-bond acceptors (Lipinski definition) is 1. The zero-order valence-electron chi connectivity index (χ0n) is 16.1. The molecule has 0 saturated heterocycles. The van der Waals surface area contributed by atoms with E-state index in [1.165, 1.54) is 0 Å². The van der Waals surface area contributed by atoms with Crippen LogP contribution in [-0.2, 0) is 9.68 Å². The summed E-state index contributed by atoms with van der Waals surface area (Å²) < 4.78 is 124. The first-order chi connectivity index (χ1) is 14.2. The zero-order valence-corrected chi connectivity index (χ0v) is 19.0. The Labute approximate surface area is 174 Å². The predicted octanol–water partition coefficient (Wildman–Crippen LogP) is 6.09. The Balaban J connectivity index is 3.22. The van der Waals surface area contributed by atoms with Gasteiger partial charge in [0, 0.05) is 0 Å². The summed E-state index contributed by atoms with van der Waals surface area (Å²) in [7, 11) is 0. The Morgan fingerprint density at radius 2 is 0.967 bits per heavy atom. The number of benzene rings is 1. The fraction of sp³-hybridized carbons (Fsp3) is 0.684. The number of rotatable bonds is 15. The minimum atomic E-state index is -5.21. The third kappa shape index (κ3) is 8.84. The molecule has 1 rings (SSSR count). The van der Waals surface area contributed by atoms with Crippen molar-refractivity contribution in [2.75, 3.05) is 20.0 Å². The van der Waals surface area contributed by atoms with Gasteiger partial charge in [-0.3, -0.25) is 0 Å². The molecule has 6 unspecified atom stereocenters. The van der Waals surface area contributed by atoms with Crippen LogP contribution in [0.3, 0.4) is 0 Å². The summed E-state index contributed by atoms with van der Waals surface area (Å²) in [6, 6.07) is 7.98. The summed E-state index contributed by atoms with van der Waals surface area (Å²) >= 11 is -5.21. The van der Waals surface area contributed by atoms with E-state index in [0.29, 0.717) is 5.56 Å². The third-order valence-corrected chi connectivity index (χ3v) is 16.6. The summed E-state index contributed by atoms with van der Waals surface area (Å²) in [6.45, 7) is -5.47. The van der Waals surface area contributed by atoms with Gasteiger partial charge in [-0.2, -0.15) is 0 Å². The van der Waals surface area contributed by atoms with Crippen molar-refractivity contribution in [1.82, 2.24) is 0 Å². The van der Waals surface area contributed by atoms with E-state index < -0.39 is 89.2 Å². The molecule has 0 amide bonds. The molecule has 1 nitrogen and oxygen atoms in total. The van der Waals surface area contributed by atoms with Crippen molar-refractivity contribution in [3.05, 3.63) is 35.9 Å². The molecule has 0 radical (unpaired) electrons. The van der Waals surface area contributed by atoms with E-state index in [2.05, 4.69) is 0 Å². The molecule has 1 aromatic carbocycles. The second-order valence-electron chi connectivity index (χ2n) is 7.13. The molecular formula is C19H25F9OSn. The molecule has 0 saturated carbocycles. The van der Waals surface area contributed by atoms with Crippen LogP contribution in [0.5, 0.6) is 0 Å². The van der Waals surface area contributed by atoms with Gasteiger partial charge in [-0.1, -0.05) is 0 Å². The van der Waals surface area contributed by atoms with Gasteiger partial charge < -0.3 is 0 Å². The molecule has 30 heavy (non-hydrogen) atoms. The molecule has 0 bridgehead atoms. The first-order valence-electron chi connectivity index (χ1n) is 9.38. The van der Waals surface area contributed by atoms with Crippen molar-refractivity contribution < 1.29 is 42.6 Å². The predicted molar refractivity (Wildman–Crippen MR) is 98.7 cm³/mol. The summed E-state index contributed by atoms with van der Waals surface area (Å²) in [4.78, 5) is 0. The molecule has 0 fully saturated rings. The Morgan fingerprint density at radius 3 is 1.30 bits per heavy atom. The van der Waals surface area contributed by atoms with Crippen LogP contribution in [0.25, 0.3) is 0 Å². The molecule has 1 aromatic rings. The van der Waals surface area contributed by atoms with Crippen molar-refractivity contribution in [2.45, 2.75) is 56.9 Å². The average Bonchev–Trinajstić information content (AvgIpc) is 2.76. The number of hydrogen-bond donors (Lipinski definition) is 0. The number of halogens is 9. The molecule has 0 aliphatic rings. The second-order valence-corrected chi connectivity index (χ2v) is 18.2. The summed E-state index contributed by atoms with van der Waals surface area (Å²) in [5.41, 5.74) is 0.478. The molecule has 11 heteroatoms. The molecular weight excluding hydrogens is 534 g/mol.